The molecular formula is C21H23N5O5. The number of anilines is 1. The fourth-order valence-corrected chi connectivity index (χ4v) is 3.06. The minimum absolute atomic E-state index is 0.186. The topological polar surface area (TPSA) is 151 Å². The zero-order valence-electron chi connectivity index (χ0n) is 16.9. The number of likely N-dealkylation sites (N-methyl/N-ethyl adjacent to an activating group) is 1. The van der Waals surface area contributed by atoms with Crippen molar-refractivity contribution in [3.8, 4) is 0 Å². The summed E-state index contributed by atoms with van der Waals surface area (Å²) in [4.78, 5) is 37.4. The van der Waals surface area contributed by atoms with Crippen LogP contribution in [-0.4, -0.2) is 53.1 Å². The zero-order chi connectivity index (χ0) is 22.4. The van der Waals surface area contributed by atoms with Crippen LogP contribution in [-0.2, 0) is 20.9 Å². The molecule has 0 radical (unpaired) electrons. The summed E-state index contributed by atoms with van der Waals surface area (Å²) >= 11 is 0. The van der Waals surface area contributed by atoms with E-state index in [4.69, 9.17) is 15.4 Å². The first-order valence-corrected chi connectivity index (χ1v) is 9.50. The molecule has 31 heavy (non-hydrogen) atoms. The number of carboxylic acid groups (broad SMARTS) is 1. The molecule has 1 aromatic heterocycles. The van der Waals surface area contributed by atoms with Crippen molar-refractivity contribution in [3.05, 3.63) is 59.7 Å². The van der Waals surface area contributed by atoms with E-state index in [1.165, 1.54) is 11.9 Å². The molecule has 0 aliphatic rings. The van der Waals surface area contributed by atoms with Crippen molar-refractivity contribution in [3.63, 3.8) is 0 Å². The predicted molar refractivity (Wildman–Crippen MR) is 113 cm³/mol. The molecule has 3 aromatic rings. The van der Waals surface area contributed by atoms with Gasteiger partial charge in [-0.2, -0.15) is 0 Å². The number of nitrogens with one attached hydrogen (secondary N) is 2. The van der Waals surface area contributed by atoms with Gasteiger partial charge in [0.05, 0.1) is 18.5 Å². The molecule has 2 aromatic carbocycles. The summed E-state index contributed by atoms with van der Waals surface area (Å²) in [5.41, 5.74) is 7.61. The van der Waals surface area contributed by atoms with E-state index >= 15 is 0 Å². The Balaban J connectivity index is 1.59. The van der Waals surface area contributed by atoms with Gasteiger partial charge in [0, 0.05) is 13.6 Å². The molecule has 0 bridgehead atoms. The van der Waals surface area contributed by atoms with Crippen molar-refractivity contribution in [2.24, 2.45) is 0 Å². The highest BCUT2D eigenvalue weighted by Gasteiger charge is 2.25. The molecule has 0 aliphatic heterocycles. The Morgan fingerprint density at radius 2 is 1.94 bits per heavy atom. The number of carbonyl (C=O) groups is 3. The molecular weight excluding hydrogens is 402 g/mol. The Bertz CT molecular complexity index is 1080. The summed E-state index contributed by atoms with van der Waals surface area (Å²) in [5, 5.41) is 18.8. The van der Waals surface area contributed by atoms with E-state index in [0.717, 1.165) is 5.56 Å². The number of nitrogens with two attached hydrogens (primary N) is 1. The molecule has 162 valence electrons. The maximum absolute atomic E-state index is 12.9. The van der Waals surface area contributed by atoms with Gasteiger partial charge in [-0.05, 0) is 23.3 Å². The van der Waals surface area contributed by atoms with Gasteiger partial charge in [0.25, 0.3) is 0 Å². The van der Waals surface area contributed by atoms with Crippen LogP contribution in [0.2, 0.25) is 0 Å². The second kappa shape index (κ2) is 9.72. The van der Waals surface area contributed by atoms with Crippen molar-refractivity contribution in [1.82, 2.24) is 20.7 Å². The molecule has 1 heterocycles. The number of nitrogens with zero attached hydrogens (tertiary/aromatic N) is 2. The van der Waals surface area contributed by atoms with Crippen molar-refractivity contribution in [2.45, 2.75) is 12.6 Å². The number of hydrogen-bond donors (Lipinski definition) is 4. The number of carbonyl (C=O) groups excluding carboxylic acids is 2. The third kappa shape index (κ3) is 5.58. The van der Waals surface area contributed by atoms with Crippen molar-refractivity contribution >= 4 is 34.6 Å². The zero-order valence-corrected chi connectivity index (χ0v) is 16.9. The summed E-state index contributed by atoms with van der Waals surface area (Å²) in [6.07, 6.45) is 0. The Hall–Kier alpha value is -3.92. The quantitative estimate of drug-likeness (QED) is 0.395. The van der Waals surface area contributed by atoms with E-state index < -0.39 is 17.9 Å². The lowest BCUT2D eigenvalue weighted by molar-refractivity contribution is -0.138. The number of amides is 2. The smallest absolute Gasteiger partial charge is 0.317 e. The minimum atomic E-state index is -1.08. The van der Waals surface area contributed by atoms with Crippen LogP contribution >= 0.6 is 0 Å². The highest BCUT2D eigenvalue weighted by atomic mass is 16.5. The molecule has 3 rings (SSSR count). The highest BCUT2D eigenvalue weighted by molar-refractivity contribution is 5.89. The lowest BCUT2D eigenvalue weighted by atomic mass is 10.1. The van der Waals surface area contributed by atoms with Crippen LogP contribution < -0.4 is 16.4 Å². The van der Waals surface area contributed by atoms with Crippen LogP contribution in [0.15, 0.2) is 53.1 Å². The number of nitrogen functional groups attached to an aromatic ring is 1. The second-order valence-electron chi connectivity index (χ2n) is 6.99. The van der Waals surface area contributed by atoms with E-state index in [0.29, 0.717) is 22.4 Å². The number of benzene rings is 2. The lowest BCUT2D eigenvalue weighted by Crippen LogP contribution is -2.44. The number of aromatic nitrogens is 1. The van der Waals surface area contributed by atoms with Gasteiger partial charge >= 0.3 is 5.97 Å². The van der Waals surface area contributed by atoms with Crippen LogP contribution in [0.1, 0.15) is 17.2 Å². The highest BCUT2D eigenvalue weighted by Crippen LogP contribution is 2.21. The minimum Gasteiger partial charge on any atom is -0.480 e. The Kier molecular flexibility index (Phi) is 6.83. The molecule has 10 nitrogen and oxygen atoms in total. The van der Waals surface area contributed by atoms with Crippen LogP contribution in [0.5, 0.6) is 0 Å². The third-order valence-electron chi connectivity index (χ3n) is 4.65. The monoisotopic (exact) mass is 425 g/mol. The Labute approximate surface area is 178 Å². The van der Waals surface area contributed by atoms with Gasteiger partial charge in [0.2, 0.25) is 11.8 Å². The third-order valence-corrected chi connectivity index (χ3v) is 4.65. The standard InChI is InChI=1S/C21H23N5O5/c1-26(21(30)19(24-11-18(28)29)14-5-3-2-4-6-14)12-17(27)23-10-13-7-8-15-16(9-13)31-25-20(15)22/h2-9,19,24H,10-12H2,1H3,(H2,22,25)(H,23,27)(H,28,29)/t19-/m1/s1. The van der Waals surface area contributed by atoms with Gasteiger partial charge in [-0.25, -0.2) is 0 Å². The first-order chi connectivity index (χ1) is 14.8. The maximum atomic E-state index is 12.9. The first-order valence-electron chi connectivity index (χ1n) is 9.50. The molecule has 0 saturated carbocycles. The number of aliphatic carboxylic acids is 1. The average Bonchev–Trinajstić information content (AvgIpc) is 3.13. The SMILES string of the molecule is CN(CC(=O)NCc1ccc2c(N)noc2c1)C(=O)[C@H](NCC(=O)O)c1ccccc1. The van der Waals surface area contributed by atoms with E-state index in [2.05, 4.69) is 15.8 Å². The molecule has 0 aliphatic carbocycles. The number of carboxylic acids is 1. The summed E-state index contributed by atoms with van der Waals surface area (Å²) in [7, 11) is 1.49. The van der Waals surface area contributed by atoms with E-state index in [9.17, 15) is 14.4 Å². The molecule has 0 unspecified atom stereocenters. The second-order valence-corrected chi connectivity index (χ2v) is 6.99. The van der Waals surface area contributed by atoms with Crippen molar-refractivity contribution in [1.29, 1.82) is 0 Å². The van der Waals surface area contributed by atoms with Gasteiger partial charge in [-0.1, -0.05) is 41.6 Å². The van der Waals surface area contributed by atoms with Crippen molar-refractivity contribution < 1.29 is 24.0 Å². The largest absolute Gasteiger partial charge is 0.480 e. The maximum Gasteiger partial charge on any atom is 0.317 e. The fourth-order valence-electron chi connectivity index (χ4n) is 3.06. The summed E-state index contributed by atoms with van der Waals surface area (Å²) in [5.74, 6) is -1.56. The fraction of sp³-hybridized carbons (Fsp3) is 0.238. The summed E-state index contributed by atoms with van der Waals surface area (Å²) in [6.45, 7) is -0.342. The number of hydrogen-bond acceptors (Lipinski definition) is 7. The lowest BCUT2D eigenvalue weighted by Gasteiger charge is -2.24. The van der Waals surface area contributed by atoms with Crippen molar-refractivity contribution in [2.75, 3.05) is 25.9 Å². The van der Waals surface area contributed by atoms with Gasteiger partial charge in [-0.15, -0.1) is 0 Å². The molecule has 1 atom stereocenters. The molecule has 5 N–H and O–H groups in total. The molecule has 0 spiro atoms. The Morgan fingerprint density at radius 3 is 2.65 bits per heavy atom. The van der Waals surface area contributed by atoms with Gasteiger partial charge in [0.15, 0.2) is 11.4 Å². The van der Waals surface area contributed by atoms with Gasteiger partial charge in [0.1, 0.15) is 6.04 Å². The van der Waals surface area contributed by atoms with Crippen LogP contribution in [0.4, 0.5) is 5.82 Å². The van der Waals surface area contributed by atoms with Crippen LogP contribution in [0.25, 0.3) is 11.0 Å². The van der Waals surface area contributed by atoms with E-state index in [-0.39, 0.29) is 25.5 Å². The predicted octanol–water partition coefficient (Wildman–Crippen LogP) is 0.900. The first kappa shape index (κ1) is 21.8. The number of rotatable bonds is 9. The molecule has 0 fully saturated rings. The average molecular weight is 425 g/mol. The molecule has 0 saturated heterocycles. The molecule has 10 heteroatoms. The van der Waals surface area contributed by atoms with Crippen LogP contribution in [0, 0.1) is 0 Å². The summed E-state index contributed by atoms with van der Waals surface area (Å²) < 4.78 is 5.11. The Morgan fingerprint density at radius 1 is 1.19 bits per heavy atom. The van der Waals surface area contributed by atoms with E-state index in [1.807, 2.05) is 0 Å². The summed E-state index contributed by atoms with van der Waals surface area (Å²) in [6, 6.07) is 13.2. The van der Waals surface area contributed by atoms with Gasteiger partial charge in [-0.3, -0.25) is 19.7 Å². The van der Waals surface area contributed by atoms with E-state index in [1.54, 1.807) is 48.5 Å². The normalized spacial score (nSPS) is 11.8. The number of fused-ring (bicyclic) bond motifs is 1. The van der Waals surface area contributed by atoms with Crippen LogP contribution in [0.3, 0.4) is 0 Å². The van der Waals surface area contributed by atoms with Gasteiger partial charge < -0.3 is 25.6 Å². The molecule has 2 amide bonds.